The first-order valence-electron chi connectivity index (χ1n) is 4.10. The van der Waals surface area contributed by atoms with E-state index in [-0.39, 0.29) is 0 Å². The zero-order valence-corrected chi connectivity index (χ0v) is 9.43. The maximum absolute atomic E-state index is 2.28. The molecule has 0 N–H and O–H groups in total. The van der Waals surface area contributed by atoms with Crippen molar-refractivity contribution in [3.05, 3.63) is 10.5 Å². The minimum atomic E-state index is 0.446. The zero-order valence-electron chi connectivity index (χ0n) is 8.62. The molecule has 0 saturated carbocycles. The van der Waals surface area contributed by atoms with Crippen molar-refractivity contribution in [1.29, 1.82) is 0 Å². The normalized spacial score (nSPS) is 11.5. The fourth-order valence-electron chi connectivity index (χ4n) is 0.469. The van der Waals surface area contributed by atoms with E-state index in [1.165, 1.54) is 16.2 Å². The highest BCUT2D eigenvalue weighted by Gasteiger charge is 2.10. The maximum atomic E-state index is 2.28. The molecule has 0 aliphatic heterocycles. The van der Waals surface area contributed by atoms with Crippen LogP contribution in [0.1, 0.15) is 41.5 Å². The minimum absolute atomic E-state index is 0.446. The maximum Gasteiger partial charge on any atom is 0.00254 e. The first kappa shape index (κ1) is 11.1. The standard InChI is InChI=1S/C10H20S/c1-8(2)9(3)11-7-10(4,5)6/h7H2,1-6H3. The second-order valence-corrected chi connectivity index (χ2v) is 5.60. The lowest BCUT2D eigenvalue weighted by molar-refractivity contribution is 0.481. The topological polar surface area (TPSA) is 0 Å². The number of rotatable bonds is 2. The molecule has 11 heavy (non-hydrogen) atoms. The monoisotopic (exact) mass is 172 g/mol. The van der Waals surface area contributed by atoms with Crippen molar-refractivity contribution in [2.75, 3.05) is 5.75 Å². The fourth-order valence-corrected chi connectivity index (χ4v) is 1.41. The predicted octanol–water partition coefficient (Wildman–Crippen LogP) is 4.08. The van der Waals surface area contributed by atoms with Gasteiger partial charge in [-0.15, -0.1) is 11.8 Å². The van der Waals surface area contributed by atoms with Crippen molar-refractivity contribution in [1.82, 2.24) is 0 Å². The van der Waals surface area contributed by atoms with Crippen LogP contribution in [0.3, 0.4) is 0 Å². The van der Waals surface area contributed by atoms with Crippen molar-refractivity contribution < 1.29 is 0 Å². The molecule has 0 aliphatic carbocycles. The lowest BCUT2D eigenvalue weighted by Crippen LogP contribution is -2.08. The van der Waals surface area contributed by atoms with Crippen LogP contribution in [0.25, 0.3) is 0 Å². The molecule has 1 heteroatoms. The summed E-state index contributed by atoms with van der Waals surface area (Å²) in [5.74, 6) is 1.21. The molecule has 0 heterocycles. The summed E-state index contributed by atoms with van der Waals surface area (Å²) in [4.78, 5) is 1.47. The van der Waals surface area contributed by atoms with Gasteiger partial charge in [0.2, 0.25) is 0 Å². The molecule has 0 bridgehead atoms. The summed E-state index contributed by atoms with van der Waals surface area (Å²) in [6.07, 6.45) is 0. The summed E-state index contributed by atoms with van der Waals surface area (Å²) in [5.41, 5.74) is 1.89. The van der Waals surface area contributed by atoms with Crippen LogP contribution in [0.15, 0.2) is 10.5 Å². The highest BCUT2D eigenvalue weighted by molar-refractivity contribution is 8.03. The number of hydrogen-bond donors (Lipinski definition) is 0. The molecule has 0 aromatic rings. The van der Waals surface area contributed by atoms with Crippen LogP contribution in [0.5, 0.6) is 0 Å². The molecule has 0 nitrogen and oxygen atoms in total. The van der Waals surface area contributed by atoms with Gasteiger partial charge in [0.1, 0.15) is 0 Å². The summed E-state index contributed by atoms with van der Waals surface area (Å²) in [5, 5.41) is 0. The quantitative estimate of drug-likeness (QED) is 0.605. The van der Waals surface area contributed by atoms with Gasteiger partial charge in [-0.2, -0.15) is 0 Å². The minimum Gasteiger partial charge on any atom is -0.130 e. The van der Waals surface area contributed by atoms with Crippen LogP contribution < -0.4 is 0 Å². The average Bonchev–Trinajstić information content (AvgIpc) is 1.80. The van der Waals surface area contributed by atoms with Crippen molar-refractivity contribution in [3.63, 3.8) is 0 Å². The van der Waals surface area contributed by atoms with Crippen LogP contribution in [-0.2, 0) is 0 Å². The molecule has 0 rings (SSSR count). The third kappa shape index (κ3) is 6.49. The van der Waals surface area contributed by atoms with Crippen LogP contribution in [0.2, 0.25) is 0 Å². The van der Waals surface area contributed by atoms with Crippen LogP contribution in [0, 0.1) is 5.41 Å². The Hall–Kier alpha value is 0.0900. The lowest BCUT2D eigenvalue weighted by atomic mass is 10.0. The SMILES string of the molecule is CC(C)=C(C)SCC(C)(C)C. The first-order valence-corrected chi connectivity index (χ1v) is 5.08. The largest absolute Gasteiger partial charge is 0.130 e. The van der Waals surface area contributed by atoms with E-state index >= 15 is 0 Å². The Kier molecular flexibility index (Phi) is 4.23. The third-order valence-corrected chi connectivity index (χ3v) is 3.28. The Morgan fingerprint density at radius 1 is 1.09 bits per heavy atom. The Bertz CT molecular complexity index is 145. The van der Waals surface area contributed by atoms with Gasteiger partial charge in [0.15, 0.2) is 0 Å². The molecule has 0 aromatic carbocycles. The molecule has 0 radical (unpaired) electrons. The summed E-state index contributed by atoms with van der Waals surface area (Å²) in [7, 11) is 0. The fraction of sp³-hybridized carbons (Fsp3) is 0.800. The second-order valence-electron chi connectivity index (χ2n) is 4.41. The average molecular weight is 172 g/mol. The molecular formula is C10H20S. The number of allylic oxidation sites excluding steroid dienone is 2. The molecule has 0 saturated heterocycles. The van der Waals surface area contributed by atoms with Gasteiger partial charge in [0.25, 0.3) is 0 Å². The summed E-state index contributed by atoms with van der Waals surface area (Å²) in [6, 6.07) is 0. The second kappa shape index (κ2) is 4.20. The van der Waals surface area contributed by atoms with Gasteiger partial charge in [0.05, 0.1) is 0 Å². The number of hydrogen-bond acceptors (Lipinski definition) is 1. The van der Waals surface area contributed by atoms with Crippen molar-refractivity contribution >= 4 is 11.8 Å². The zero-order chi connectivity index (χ0) is 9.07. The van der Waals surface area contributed by atoms with Gasteiger partial charge in [0, 0.05) is 5.75 Å². The molecule has 0 aliphatic rings. The molecule has 0 fully saturated rings. The highest BCUT2D eigenvalue weighted by Crippen LogP contribution is 2.27. The van der Waals surface area contributed by atoms with E-state index in [9.17, 15) is 0 Å². The van der Waals surface area contributed by atoms with E-state index in [0.717, 1.165) is 0 Å². The van der Waals surface area contributed by atoms with E-state index in [4.69, 9.17) is 0 Å². The van der Waals surface area contributed by atoms with Crippen molar-refractivity contribution in [3.8, 4) is 0 Å². The van der Waals surface area contributed by atoms with E-state index in [0.29, 0.717) is 5.41 Å². The van der Waals surface area contributed by atoms with Gasteiger partial charge in [-0.1, -0.05) is 26.3 Å². The van der Waals surface area contributed by atoms with Gasteiger partial charge < -0.3 is 0 Å². The summed E-state index contributed by atoms with van der Waals surface area (Å²) < 4.78 is 0. The van der Waals surface area contributed by atoms with E-state index in [2.05, 4.69) is 41.5 Å². The lowest BCUT2D eigenvalue weighted by Gasteiger charge is -2.17. The highest BCUT2D eigenvalue weighted by atomic mass is 32.2. The van der Waals surface area contributed by atoms with Crippen LogP contribution in [-0.4, -0.2) is 5.75 Å². The Labute approximate surface area is 75.5 Å². The Balaban J connectivity index is 3.82. The van der Waals surface area contributed by atoms with E-state index in [1.54, 1.807) is 0 Å². The van der Waals surface area contributed by atoms with Gasteiger partial charge in [-0.25, -0.2) is 0 Å². The Morgan fingerprint density at radius 3 is 1.82 bits per heavy atom. The van der Waals surface area contributed by atoms with E-state index in [1.807, 2.05) is 11.8 Å². The van der Waals surface area contributed by atoms with Gasteiger partial charge in [-0.05, 0) is 31.1 Å². The molecule has 0 unspecified atom stereocenters. The summed E-state index contributed by atoms with van der Waals surface area (Å²) >= 11 is 1.97. The molecule has 0 amide bonds. The summed E-state index contributed by atoms with van der Waals surface area (Å²) in [6.45, 7) is 13.4. The van der Waals surface area contributed by atoms with Crippen molar-refractivity contribution in [2.24, 2.45) is 5.41 Å². The van der Waals surface area contributed by atoms with Crippen LogP contribution >= 0.6 is 11.8 Å². The van der Waals surface area contributed by atoms with Gasteiger partial charge >= 0.3 is 0 Å². The molecule has 0 aromatic heterocycles. The molecule has 0 spiro atoms. The molecule has 0 atom stereocenters. The third-order valence-electron chi connectivity index (χ3n) is 1.43. The van der Waals surface area contributed by atoms with Gasteiger partial charge in [-0.3, -0.25) is 0 Å². The Morgan fingerprint density at radius 2 is 1.55 bits per heavy atom. The molecule has 66 valence electrons. The smallest absolute Gasteiger partial charge is 0.00254 e. The van der Waals surface area contributed by atoms with Crippen molar-refractivity contribution in [2.45, 2.75) is 41.5 Å². The van der Waals surface area contributed by atoms with Crippen LogP contribution in [0.4, 0.5) is 0 Å². The van der Waals surface area contributed by atoms with E-state index < -0.39 is 0 Å². The number of thioether (sulfide) groups is 1. The predicted molar refractivity (Wildman–Crippen MR) is 56.0 cm³/mol. The first-order chi connectivity index (χ1) is 4.83. The molecular weight excluding hydrogens is 152 g/mol.